The second kappa shape index (κ2) is 7.53. The molecule has 5 N–H and O–H groups in total. The van der Waals surface area contributed by atoms with Gasteiger partial charge in [0.25, 0.3) is 0 Å². The van der Waals surface area contributed by atoms with E-state index in [1.165, 1.54) is 6.08 Å². The van der Waals surface area contributed by atoms with Gasteiger partial charge in [0.1, 0.15) is 24.4 Å². The second-order valence-corrected chi connectivity index (χ2v) is 5.04. The van der Waals surface area contributed by atoms with Crippen LogP contribution >= 0.6 is 0 Å². The highest BCUT2D eigenvalue weighted by Crippen LogP contribution is 2.24. The SMILES string of the molecule is O=C(O)/C(=C/c1ccccc1)OC1OC(CO)C(O)C(O)C1O. The Morgan fingerprint density at radius 2 is 1.78 bits per heavy atom. The maximum Gasteiger partial charge on any atom is 0.371 e. The molecular weight excluding hydrogens is 308 g/mol. The minimum Gasteiger partial charge on any atom is -0.475 e. The highest BCUT2D eigenvalue weighted by atomic mass is 16.7. The van der Waals surface area contributed by atoms with E-state index in [2.05, 4.69) is 0 Å². The van der Waals surface area contributed by atoms with Crippen LogP contribution < -0.4 is 0 Å². The number of carbonyl (C=O) groups is 1. The minimum atomic E-state index is -1.67. The smallest absolute Gasteiger partial charge is 0.371 e. The van der Waals surface area contributed by atoms with Crippen molar-refractivity contribution in [3.05, 3.63) is 41.7 Å². The van der Waals surface area contributed by atoms with Crippen LogP contribution in [0.15, 0.2) is 36.1 Å². The van der Waals surface area contributed by atoms with Crippen LogP contribution in [0.4, 0.5) is 0 Å². The Hall–Kier alpha value is -1.97. The molecule has 1 aliphatic heterocycles. The van der Waals surface area contributed by atoms with Gasteiger partial charge in [-0.2, -0.15) is 0 Å². The predicted molar refractivity (Wildman–Crippen MR) is 76.9 cm³/mol. The van der Waals surface area contributed by atoms with Gasteiger partial charge in [0.15, 0.2) is 0 Å². The van der Waals surface area contributed by atoms with Crippen LogP contribution in [-0.2, 0) is 14.3 Å². The molecule has 23 heavy (non-hydrogen) atoms. The van der Waals surface area contributed by atoms with Crippen molar-refractivity contribution in [1.82, 2.24) is 0 Å². The van der Waals surface area contributed by atoms with E-state index >= 15 is 0 Å². The average Bonchev–Trinajstić information content (AvgIpc) is 2.55. The van der Waals surface area contributed by atoms with E-state index in [0.29, 0.717) is 5.56 Å². The molecule has 0 aromatic heterocycles. The van der Waals surface area contributed by atoms with Crippen LogP contribution in [0.2, 0.25) is 0 Å². The lowest BCUT2D eigenvalue weighted by molar-refractivity contribution is -0.291. The Kier molecular flexibility index (Phi) is 5.69. The van der Waals surface area contributed by atoms with Crippen molar-refractivity contribution in [3.63, 3.8) is 0 Å². The Morgan fingerprint density at radius 1 is 1.13 bits per heavy atom. The van der Waals surface area contributed by atoms with E-state index in [4.69, 9.17) is 14.6 Å². The molecule has 1 aliphatic rings. The van der Waals surface area contributed by atoms with Gasteiger partial charge in [-0.15, -0.1) is 0 Å². The van der Waals surface area contributed by atoms with Crippen molar-refractivity contribution in [2.75, 3.05) is 6.61 Å². The summed E-state index contributed by atoms with van der Waals surface area (Å²) >= 11 is 0. The van der Waals surface area contributed by atoms with Crippen LogP contribution in [-0.4, -0.2) is 68.8 Å². The van der Waals surface area contributed by atoms with Gasteiger partial charge in [-0.25, -0.2) is 4.79 Å². The summed E-state index contributed by atoms with van der Waals surface area (Å²) < 4.78 is 10.2. The molecule has 0 bridgehead atoms. The first-order valence-electron chi connectivity index (χ1n) is 6.91. The summed E-state index contributed by atoms with van der Waals surface area (Å²) in [5.74, 6) is -1.91. The monoisotopic (exact) mass is 326 g/mol. The van der Waals surface area contributed by atoms with E-state index in [1.807, 2.05) is 0 Å². The molecule has 1 aromatic rings. The average molecular weight is 326 g/mol. The lowest BCUT2D eigenvalue weighted by Crippen LogP contribution is -2.59. The normalized spacial score (nSPS) is 31.7. The van der Waals surface area contributed by atoms with Crippen LogP contribution in [0.25, 0.3) is 6.08 Å². The molecular formula is C15H18O8. The topological polar surface area (TPSA) is 137 Å². The number of benzene rings is 1. The molecule has 0 radical (unpaired) electrons. The zero-order valence-electron chi connectivity index (χ0n) is 12.0. The van der Waals surface area contributed by atoms with Gasteiger partial charge in [-0.1, -0.05) is 30.3 Å². The molecule has 8 nitrogen and oxygen atoms in total. The first-order valence-corrected chi connectivity index (χ1v) is 6.91. The van der Waals surface area contributed by atoms with E-state index in [1.54, 1.807) is 30.3 Å². The van der Waals surface area contributed by atoms with Crippen molar-refractivity contribution in [2.24, 2.45) is 0 Å². The molecule has 0 amide bonds. The lowest BCUT2D eigenvalue weighted by Gasteiger charge is -2.39. The van der Waals surface area contributed by atoms with Crippen molar-refractivity contribution in [3.8, 4) is 0 Å². The predicted octanol–water partition coefficient (Wildman–Crippen LogP) is -1.07. The molecule has 0 saturated carbocycles. The molecule has 126 valence electrons. The maximum atomic E-state index is 11.3. The van der Waals surface area contributed by atoms with Crippen LogP contribution in [0.5, 0.6) is 0 Å². The molecule has 1 fully saturated rings. The van der Waals surface area contributed by atoms with Crippen molar-refractivity contribution in [2.45, 2.75) is 30.7 Å². The van der Waals surface area contributed by atoms with E-state index in [9.17, 15) is 25.2 Å². The number of aliphatic hydroxyl groups is 4. The fourth-order valence-electron chi connectivity index (χ4n) is 2.14. The number of carboxylic acids is 1. The number of ether oxygens (including phenoxy) is 2. The van der Waals surface area contributed by atoms with Crippen LogP contribution in [0, 0.1) is 0 Å². The third-order valence-electron chi connectivity index (χ3n) is 3.40. The third kappa shape index (κ3) is 4.06. The Bertz CT molecular complexity index is 556. The molecule has 8 heteroatoms. The number of aliphatic carboxylic acids is 1. The van der Waals surface area contributed by atoms with Gasteiger partial charge < -0.3 is 35.0 Å². The molecule has 1 saturated heterocycles. The van der Waals surface area contributed by atoms with E-state index in [0.717, 1.165) is 0 Å². The summed E-state index contributed by atoms with van der Waals surface area (Å²) in [4.78, 5) is 11.3. The highest BCUT2D eigenvalue weighted by molar-refractivity contribution is 5.89. The summed E-state index contributed by atoms with van der Waals surface area (Å²) in [5.41, 5.74) is 0.550. The molecule has 5 unspecified atom stereocenters. The van der Waals surface area contributed by atoms with Gasteiger partial charge in [0, 0.05) is 0 Å². The van der Waals surface area contributed by atoms with Crippen molar-refractivity contribution < 1.29 is 39.8 Å². The lowest BCUT2D eigenvalue weighted by atomic mass is 9.99. The highest BCUT2D eigenvalue weighted by Gasteiger charge is 2.45. The van der Waals surface area contributed by atoms with Gasteiger partial charge in [-0.05, 0) is 11.6 Å². The molecule has 1 heterocycles. The Balaban J connectivity index is 2.19. The first-order chi connectivity index (χ1) is 10.9. The quantitative estimate of drug-likeness (QED) is 0.341. The number of carboxylic acid groups (broad SMARTS) is 1. The molecule has 5 atom stereocenters. The maximum absolute atomic E-state index is 11.3. The van der Waals surface area contributed by atoms with Crippen molar-refractivity contribution >= 4 is 12.0 Å². The van der Waals surface area contributed by atoms with Gasteiger partial charge in [-0.3, -0.25) is 0 Å². The summed E-state index contributed by atoms with van der Waals surface area (Å²) in [5, 5.41) is 47.5. The van der Waals surface area contributed by atoms with Gasteiger partial charge in [0.2, 0.25) is 12.0 Å². The number of hydrogen-bond donors (Lipinski definition) is 5. The fourth-order valence-corrected chi connectivity index (χ4v) is 2.14. The zero-order valence-corrected chi connectivity index (χ0v) is 12.0. The van der Waals surface area contributed by atoms with Crippen LogP contribution in [0.1, 0.15) is 5.56 Å². The summed E-state index contributed by atoms with van der Waals surface area (Å²) in [6.45, 7) is -0.629. The van der Waals surface area contributed by atoms with Gasteiger partial charge in [0.05, 0.1) is 6.61 Å². The second-order valence-electron chi connectivity index (χ2n) is 5.04. The van der Waals surface area contributed by atoms with Gasteiger partial charge >= 0.3 is 5.97 Å². The number of rotatable bonds is 5. The fraction of sp³-hybridized carbons (Fsp3) is 0.400. The standard InChI is InChI=1S/C15H18O8/c16-7-10-11(17)12(18)13(19)15(23-10)22-9(14(20)21)6-8-4-2-1-3-5-8/h1-6,10-13,15-19H,7H2,(H,20,21)/b9-6-. The van der Waals surface area contributed by atoms with E-state index in [-0.39, 0.29) is 0 Å². The van der Waals surface area contributed by atoms with Crippen LogP contribution in [0.3, 0.4) is 0 Å². The molecule has 0 aliphatic carbocycles. The Labute approximate surface area is 131 Å². The third-order valence-corrected chi connectivity index (χ3v) is 3.40. The number of aliphatic hydroxyl groups excluding tert-OH is 4. The summed E-state index contributed by atoms with van der Waals surface area (Å²) in [6, 6.07) is 8.48. The van der Waals surface area contributed by atoms with Crippen molar-refractivity contribution in [1.29, 1.82) is 0 Å². The van der Waals surface area contributed by atoms with E-state index < -0.39 is 49.0 Å². The largest absolute Gasteiger partial charge is 0.475 e. The minimum absolute atomic E-state index is 0.513. The Morgan fingerprint density at radius 3 is 2.35 bits per heavy atom. The zero-order chi connectivity index (χ0) is 17.0. The summed E-state index contributed by atoms with van der Waals surface area (Å²) in [7, 11) is 0. The summed E-state index contributed by atoms with van der Waals surface area (Å²) in [6.07, 6.45) is -6.35. The first kappa shape index (κ1) is 17.4. The molecule has 0 spiro atoms. The molecule has 1 aromatic carbocycles. The number of hydrogen-bond acceptors (Lipinski definition) is 7. The molecule has 2 rings (SSSR count).